The van der Waals surface area contributed by atoms with Crippen molar-refractivity contribution in [2.75, 3.05) is 0 Å². The molecule has 0 spiro atoms. The lowest BCUT2D eigenvalue weighted by Crippen LogP contribution is -2.37. The van der Waals surface area contributed by atoms with Gasteiger partial charge in [0.05, 0.1) is 23.1 Å². The molecule has 6 aromatic rings. The fourth-order valence-electron chi connectivity index (χ4n) is 6.60. The van der Waals surface area contributed by atoms with Crippen LogP contribution in [0, 0.1) is 0 Å². The molecule has 0 bridgehead atoms. The molecular weight excluding hydrogens is 817 g/mol. The van der Waals surface area contributed by atoms with Crippen LogP contribution in [0.5, 0.6) is 0 Å². The Kier molecular flexibility index (Phi) is 11.4. The largest absolute Gasteiger partial charge is 0.335 e. The number of aromatic nitrogens is 2. The summed E-state index contributed by atoms with van der Waals surface area (Å²) >= 11 is 4.73. The fourth-order valence-corrected chi connectivity index (χ4v) is 9.83. The number of rotatable bonds is 16. The molecule has 56 heavy (non-hydrogen) atoms. The van der Waals surface area contributed by atoms with E-state index in [0.29, 0.717) is 80.1 Å². The molecule has 0 N–H and O–H groups in total. The van der Waals surface area contributed by atoms with Gasteiger partial charge >= 0.3 is 23.7 Å². The van der Waals surface area contributed by atoms with Crippen molar-refractivity contribution in [3.05, 3.63) is 83.9 Å². The zero-order valence-electron chi connectivity index (χ0n) is 30.0. The van der Waals surface area contributed by atoms with Gasteiger partial charge in [0.2, 0.25) is 0 Å². The monoisotopic (exact) mass is 850 g/mol. The van der Waals surface area contributed by atoms with E-state index in [2.05, 4.69) is 17.5 Å². The number of fused-ring (bicyclic) bond motifs is 2. The first-order valence-electron chi connectivity index (χ1n) is 18.0. The second-order valence-corrected chi connectivity index (χ2v) is 16.9. The van der Waals surface area contributed by atoms with E-state index < -0.39 is 47.7 Å². The molecule has 3 aromatic heterocycles. The number of alkyl halides is 8. The van der Waals surface area contributed by atoms with Crippen molar-refractivity contribution in [1.29, 1.82) is 0 Å². The normalized spacial score (nSPS) is 13.5. The first-order chi connectivity index (χ1) is 26.7. The van der Waals surface area contributed by atoms with Gasteiger partial charge in [0, 0.05) is 54.6 Å². The average Bonchev–Trinajstić information content (AvgIpc) is 4.02. The summed E-state index contributed by atoms with van der Waals surface area (Å²) in [6, 6.07) is 17.2. The Labute approximate surface area is 333 Å². The van der Waals surface area contributed by atoms with Crippen molar-refractivity contribution in [3.8, 4) is 41.8 Å². The molecule has 4 heterocycles. The third kappa shape index (κ3) is 7.37. The van der Waals surface area contributed by atoms with Gasteiger partial charge in [-0.15, -0.1) is 22.7 Å². The quantitative estimate of drug-likeness (QED) is 0.0718. The molecule has 16 heteroatoms. The Morgan fingerprint density at radius 1 is 0.482 bits per heavy atom. The number of unbranched alkanes of at least 4 members (excludes halogenated alkanes) is 4. The van der Waals surface area contributed by atoms with Crippen molar-refractivity contribution >= 4 is 68.2 Å². The number of benzene rings is 3. The smallest absolute Gasteiger partial charge is 0.199 e. The van der Waals surface area contributed by atoms with Gasteiger partial charge in [0.15, 0.2) is 0 Å². The summed E-state index contributed by atoms with van der Waals surface area (Å²) in [5.41, 5.74) is 3.33. The summed E-state index contributed by atoms with van der Waals surface area (Å²) in [6.07, 6.45) is 0.445. The van der Waals surface area contributed by atoms with E-state index in [-0.39, 0.29) is 12.8 Å². The molecule has 7 rings (SSSR count). The van der Waals surface area contributed by atoms with Gasteiger partial charge in [-0.3, -0.25) is 0 Å². The first kappa shape index (κ1) is 40.3. The standard InChI is InChI=1S/C40H34F8N4S4/c1-3-5-7-21-37(41,42)39(45,46)25-13-9-23(10-14-25)27-17-19-29(53-27)31-33-35(51-55-49-33)32(36-34(31)50-56-52-36)30-20-18-28(54-30)24-11-15-26(16-12-24)40(47,48)38(43,44)22-8-6-4-2/h9-20H,3-8,21-22H2,1-2H3. The molecule has 1 aliphatic rings. The molecule has 0 fully saturated rings. The predicted octanol–water partition coefficient (Wildman–Crippen LogP) is 15.8. The number of halogens is 8. The van der Waals surface area contributed by atoms with Gasteiger partial charge in [-0.1, -0.05) is 88.1 Å². The molecule has 0 saturated carbocycles. The maximum Gasteiger partial charge on any atom is 0.335 e. The van der Waals surface area contributed by atoms with E-state index in [0.717, 1.165) is 57.1 Å². The topological polar surface area (TPSA) is 50.5 Å². The van der Waals surface area contributed by atoms with Crippen LogP contribution in [0.3, 0.4) is 0 Å². The van der Waals surface area contributed by atoms with Crippen LogP contribution in [-0.2, 0) is 23.2 Å². The Balaban J connectivity index is 1.16. The van der Waals surface area contributed by atoms with Crippen LogP contribution in [0.4, 0.5) is 46.5 Å². The van der Waals surface area contributed by atoms with Crippen LogP contribution in [0.25, 0.3) is 52.8 Å². The Bertz CT molecular complexity index is 2250. The second kappa shape index (κ2) is 15.8. The Morgan fingerprint density at radius 2 is 0.857 bits per heavy atom. The van der Waals surface area contributed by atoms with Gasteiger partial charge < -0.3 is 0 Å². The van der Waals surface area contributed by atoms with E-state index >= 15 is 0 Å². The molecule has 294 valence electrons. The summed E-state index contributed by atoms with van der Waals surface area (Å²) in [5.74, 6) is -17.0. The minimum Gasteiger partial charge on any atom is -0.199 e. The molecule has 3 aromatic carbocycles. The predicted molar refractivity (Wildman–Crippen MR) is 212 cm³/mol. The lowest BCUT2D eigenvalue weighted by molar-refractivity contribution is -0.219. The third-order valence-corrected chi connectivity index (χ3v) is 13.2. The van der Waals surface area contributed by atoms with E-state index in [1.807, 2.05) is 38.1 Å². The first-order valence-corrected chi connectivity index (χ1v) is 21.1. The average molecular weight is 851 g/mol. The minimum atomic E-state index is -4.31. The van der Waals surface area contributed by atoms with E-state index in [4.69, 9.17) is 0 Å². The van der Waals surface area contributed by atoms with Crippen molar-refractivity contribution in [2.24, 2.45) is 8.73 Å². The van der Waals surface area contributed by atoms with Crippen LogP contribution in [0.1, 0.15) is 76.3 Å². The summed E-state index contributed by atoms with van der Waals surface area (Å²) in [7, 11) is 0. The maximum absolute atomic E-state index is 14.9. The van der Waals surface area contributed by atoms with Crippen LogP contribution >= 0.6 is 34.4 Å². The van der Waals surface area contributed by atoms with Gasteiger partial charge in [-0.05, 0) is 48.2 Å². The van der Waals surface area contributed by atoms with E-state index in [1.54, 1.807) is 0 Å². The molecule has 0 saturated heterocycles. The fraction of sp³-hybridized carbons (Fsp3) is 0.350. The number of hydrogen-bond acceptors (Lipinski definition) is 7. The van der Waals surface area contributed by atoms with Gasteiger partial charge in [-0.25, -0.2) is 0 Å². The molecular formula is C40H34F8N4S4. The van der Waals surface area contributed by atoms with Crippen molar-refractivity contribution in [2.45, 2.75) is 88.9 Å². The highest BCUT2D eigenvalue weighted by Crippen LogP contribution is 2.55. The van der Waals surface area contributed by atoms with E-state index in [1.165, 1.54) is 46.9 Å². The number of thiophene rings is 2. The summed E-state index contributed by atoms with van der Waals surface area (Å²) in [5, 5.41) is 0. The zero-order valence-corrected chi connectivity index (χ0v) is 33.3. The SMILES string of the molecule is CCCCCC(F)(F)C(F)(F)c1ccc(-c2ccc(-c3c4c(c(-c5ccc(-c6ccc(C(F)(F)C(F)(F)CCCCC)cc6)s5)c5nsnc35)N=S=N4)s2)cc1. The third-order valence-electron chi connectivity index (χ3n) is 9.80. The van der Waals surface area contributed by atoms with Gasteiger partial charge in [-0.2, -0.15) is 52.6 Å². The van der Waals surface area contributed by atoms with Crippen LogP contribution in [0.2, 0.25) is 0 Å². The Morgan fingerprint density at radius 3 is 1.23 bits per heavy atom. The lowest BCUT2D eigenvalue weighted by atomic mass is 9.96. The van der Waals surface area contributed by atoms with Crippen molar-refractivity contribution in [3.63, 3.8) is 0 Å². The molecule has 0 aliphatic carbocycles. The van der Waals surface area contributed by atoms with Gasteiger partial charge in [0.25, 0.3) is 0 Å². The molecule has 1 aliphatic heterocycles. The molecule has 0 unspecified atom stereocenters. The second-order valence-electron chi connectivity index (χ2n) is 13.6. The highest BCUT2D eigenvalue weighted by molar-refractivity contribution is 7.58. The summed E-state index contributed by atoms with van der Waals surface area (Å²) in [6.45, 7) is 3.64. The summed E-state index contributed by atoms with van der Waals surface area (Å²) in [4.78, 5) is 2.96. The van der Waals surface area contributed by atoms with Crippen LogP contribution in [0.15, 0.2) is 81.5 Å². The highest BCUT2D eigenvalue weighted by Gasteiger charge is 2.57. The number of hydrogen-bond donors (Lipinski definition) is 0. The molecule has 0 amide bonds. The minimum absolute atomic E-state index is 0.0149. The molecule has 0 radical (unpaired) electrons. The lowest BCUT2D eigenvalue weighted by Gasteiger charge is -2.27. The molecule has 4 nitrogen and oxygen atoms in total. The van der Waals surface area contributed by atoms with E-state index in [9.17, 15) is 35.1 Å². The molecule has 0 atom stereocenters. The van der Waals surface area contributed by atoms with Crippen molar-refractivity contribution < 1.29 is 35.1 Å². The highest BCUT2D eigenvalue weighted by atomic mass is 32.1. The van der Waals surface area contributed by atoms with Crippen LogP contribution < -0.4 is 0 Å². The van der Waals surface area contributed by atoms with Crippen LogP contribution in [-0.4, -0.2) is 20.6 Å². The zero-order chi connectivity index (χ0) is 39.9. The Hall–Kier alpha value is -3.86. The number of nitrogens with zero attached hydrogens (tertiary/aromatic N) is 4. The summed E-state index contributed by atoms with van der Waals surface area (Å²) < 4.78 is 136. The maximum atomic E-state index is 14.9. The van der Waals surface area contributed by atoms with Crippen molar-refractivity contribution in [1.82, 2.24) is 8.75 Å². The van der Waals surface area contributed by atoms with Gasteiger partial charge in [0.1, 0.15) is 22.4 Å².